The number of amides is 1. The Morgan fingerprint density at radius 3 is 2.55 bits per heavy atom. The third-order valence-corrected chi connectivity index (χ3v) is 5.97. The average molecular weight is 402 g/mol. The van der Waals surface area contributed by atoms with Gasteiger partial charge >= 0.3 is 0 Å². The van der Waals surface area contributed by atoms with Gasteiger partial charge in [-0.2, -0.15) is 0 Å². The Morgan fingerprint density at radius 2 is 1.76 bits per heavy atom. The van der Waals surface area contributed by atoms with Gasteiger partial charge in [-0.1, -0.05) is 66.4 Å². The van der Waals surface area contributed by atoms with Crippen molar-refractivity contribution in [2.75, 3.05) is 11.1 Å². The number of carbonyl (C=O) groups excluding carboxylic acids is 1. The summed E-state index contributed by atoms with van der Waals surface area (Å²) in [6.45, 7) is 2.09. The van der Waals surface area contributed by atoms with Crippen molar-refractivity contribution in [3.8, 4) is 11.1 Å². The van der Waals surface area contributed by atoms with Crippen LogP contribution in [0.4, 0.5) is 5.69 Å². The van der Waals surface area contributed by atoms with E-state index in [4.69, 9.17) is 5.73 Å². The molecule has 0 bridgehead atoms. The summed E-state index contributed by atoms with van der Waals surface area (Å²) >= 11 is 1.58. The largest absolute Gasteiger partial charge is 0.379 e. The minimum atomic E-state index is -0.358. The van der Waals surface area contributed by atoms with Gasteiger partial charge in [0, 0.05) is 17.0 Å². The van der Waals surface area contributed by atoms with Crippen molar-refractivity contribution in [3.63, 3.8) is 0 Å². The van der Waals surface area contributed by atoms with Crippen LogP contribution in [0.2, 0.25) is 0 Å². The number of hydrogen-bond donors (Lipinski definition) is 2. The minimum Gasteiger partial charge on any atom is -0.379 e. The number of anilines is 1. The molecule has 0 radical (unpaired) electrons. The molecule has 0 aliphatic carbocycles. The van der Waals surface area contributed by atoms with Crippen molar-refractivity contribution in [1.82, 2.24) is 0 Å². The predicted octanol–water partition coefficient (Wildman–Crippen LogP) is 5.27. The summed E-state index contributed by atoms with van der Waals surface area (Å²) in [5.74, 6) is 0.807. The number of carbonyl (C=O) groups is 1. The summed E-state index contributed by atoms with van der Waals surface area (Å²) in [6, 6.07) is 25.6. The van der Waals surface area contributed by atoms with Crippen molar-refractivity contribution >= 4 is 28.5 Å². The zero-order valence-corrected chi connectivity index (χ0v) is 17.1. The first-order valence-corrected chi connectivity index (χ1v) is 10.6. The average Bonchev–Trinajstić information content (AvgIpc) is 2.74. The topological polar surface area (TPSA) is 67.5 Å². The first kappa shape index (κ1) is 19.3. The van der Waals surface area contributed by atoms with Gasteiger partial charge in [0.1, 0.15) is 0 Å². The van der Waals surface area contributed by atoms with Gasteiger partial charge in [0.05, 0.1) is 5.54 Å². The molecular formula is C24H23N3OS. The van der Waals surface area contributed by atoms with Crippen molar-refractivity contribution in [1.29, 1.82) is 0 Å². The predicted molar refractivity (Wildman–Crippen MR) is 122 cm³/mol. The molecule has 1 unspecified atom stereocenters. The van der Waals surface area contributed by atoms with E-state index >= 15 is 0 Å². The zero-order valence-electron chi connectivity index (χ0n) is 16.3. The minimum absolute atomic E-state index is 0.132. The fourth-order valence-corrected chi connectivity index (χ4v) is 4.48. The molecule has 5 heteroatoms. The molecule has 3 aromatic rings. The molecular weight excluding hydrogens is 378 g/mol. The SMILES string of the molecule is CC1(c2cccc(NC(=O)c3cccc(-c4ccccc4)c3)c2)CCSC(N)=N1. The van der Waals surface area contributed by atoms with E-state index in [-0.39, 0.29) is 11.4 Å². The van der Waals surface area contributed by atoms with Crippen molar-refractivity contribution in [3.05, 3.63) is 90.0 Å². The van der Waals surface area contributed by atoms with Gasteiger partial charge in [-0.25, -0.2) is 0 Å². The van der Waals surface area contributed by atoms with E-state index < -0.39 is 0 Å². The monoisotopic (exact) mass is 401 g/mol. The number of nitrogens with two attached hydrogens (primary N) is 1. The second-order valence-corrected chi connectivity index (χ2v) is 8.42. The van der Waals surface area contributed by atoms with Gasteiger partial charge in [0.15, 0.2) is 5.17 Å². The maximum Gasteiger partial charge on any atom is 0.255 e. The Hall–Kier alpha value is -3.05. The number of hydrogen-bond acceptors (Lipinski definition) is 4. The number of rotatable bonds is 4. The molecule has 146 valence electrons. The number of aliphatic imine (C=N–C) groups is 1. The van der Waals surface area contributed by atoms with Gasteiger partial charge in [0.25, 0.3) is 5.91 Å². The first-order chi connectivity index (χ1) is 14.0. The third kappa shape index (κ3) is 4.35. The number of benzene rings is 3. The van der Waals surface area contributed by atoms with Crippen LogP contribution in [0.25, 0.3) is 11.1 Å². The number of amidine groups is 1. The zero-order chi connectivity index (χ0) is 20.3. The van der Waals surface area contributed by atoms with E-state index in [1.807, 2.05) is 78.9 Å². The van der Waals surface area contributed by atoms with E-state index in [0.717, 1.165) is 34.6 Å². The molecule has 0 fully saturated rings. The Kier molecular flexibility index (Phi) is 5.41. The Balaban J connectivity index is 1.56. The number of nitrogens with zero attached hydrogens (tertiary/aromatic N) is 1. The number of thioether (sulfide) groups is 1. The molecule has 3 N–H and O–H groups in total. The van der Waals surface area contributed by atoms with E-state index in [0.29, 0.717) is 10.7 Å². The molecule has 4 nitrogen and oxygen atoms in total. The molecule has 1 aliphatic heterocycles. The highest BCUT2D eigenvalue weighted by molar-refractivity contribution is 8.13. The van der Waals surface area contributed by atoms with Crippen LogP contribution in [-0.4, -0.2) is 16.8 Å². The van der Waals surface area contributed by atoms with Crippen LogP contribution >= 0.6 is 11.8 Å². The second-order valence-electron chi connectivity index (χ2n) is 7.30. The molecule has 1 amide bonds. The molecule has 0 saturated heterocycles. The molecule has 1 atom stereocenters. The smallest absolute Gasteiger partial charge is 0.255 e. The third-order valence-electron chi connectivity index (χ3n) is 5.17. The lowest BCUT2D eigenvalue weighted by Crippen LogP contribution is -2.28. The van der Waals surface area contributed by atoms with E-state index in [9.17, 15) is 4.79 Å². The Morgan fingerprint density at radius 1 is 1.00 bits per heavy atom. The fraction of sp³-hybridized carbons (Fsp3) is 0.167. The molecule has 4 rings (SSSR count). The molecule has 0 spiro atoms. The normalized spacial score (nSPS) is 18.7. The van der Waals surface area contributed by atoms with Gasteiger partial charge in [-0.15, -0.1) is 0 Å². The van der Waals surface area contributed by atoms with Gasteiger partial charge in [-0.05, 0) is 54.3 Å². The molecule has 0 aromatic heterocycles. The lowest BCUT2D eigenvalue weighted by atomic mass is 9.89. The summed E-state index contributed by atoms with van der Waals surface area (Å²) in [5.41, 5.74) is 10.1. The van der Waals surface area contributed by atoms with E-state index in [2.05, 4.69) is 17.2 Å². The summed E-state index contributed by atoms with van der Waals surface area (Å²) in [4.78, 5) is 17.5. The maximum absolute atomic E-state index is 12.9. The lowest BCUT2D eigenvalue weighted by molar-refractivity contribution is 0.102. The van der Waals surface area contributed by atoms with Crippen LogP contribution in [0.15, 0.2) is 83.9 Å². The van der Waals surface area contributed by atoms with Crippen molar-refractivity contribution in [2.24, 2.45) is 10.7 Å². The number of nitrogens with one attached hydrogen (secondary N) is 1. The quantitative estimate of drug-likeness (QED) is 0.625. The molecule has 3 aromatic carbocycles. The summed E-state index contributed by atoms with van der Waals surface area (Å²) in [7, 11) is 0. The summed E-state index contributed by atoms with van der Waals surface area (Å²) in [6.07, 6.45) is 0.912. The molecule has 29 heavy (non-hydrogen) atoms. The first-order valence-electron chi connectivity index (χ1n) is 9.59. The van der Waals surface area contributed by atoms with Crippen LogP contribution in [0.3, 0.4) is 0 Å². The van der Waals surface area contributed by atoms with Crippen molar-refractivity contribution < 1.29 is 4.79 Å². The second kappa shape index (κ2) is 8.13. The van der Waals surface area contributed by atoms with Crippen LogP contribution < -0.4 is 11.1 Å². The summed E-state index contributed by atoms with van der Waals surface area (Å²) in [5, 5.41) is 3.64. The highest BCUT2D eigenvalue weighted by atomic mass is 32.2. The van der Waals surface area contributed by atoms with E-state index in [1.54, 1.807) is 11.8 Å². The van der Waals surface area contributed by atoms with Crippen LogP contribution in [0.1, 0.15) is 29.3 Å². The van der Waals surface area contributed by atoms with E-state index in [1.165, 1.54) is 0 Å². The summed E-state index contributed by atoms with van der Waals surface area (Å²) < 4.78 is 0. The molecule has 0 saturated carbocycles. The maximum atomic E-state index is 12.9. The Labute approximate surface area is 175 Å². The Bertz CT molecular complexity index is 1060. The highest BCUT2D eigenvalue weighted by Gasteiger charge is 2.29. The standard InChI is InChI=1S/C24H23N3OS/c1-24(13-14-29-23(25)27-24)20-11-6-12-21(16-20)26-22(28)19-10-5-9-18(15-19)17-7-3-2-4-8-17/h2-12,15-16H,13-14H2,1H3,(H2,25,27)(H,26,28). The van der Waals surface area contributed by atoms with Crippen LogP contribution in [0, 0.1) is 0 Å². The van der Waals surface area contributed by atoms with Gasteiger partial charge in [-0.3, -0.25) is 9.79 Å². The highest BCUT2D eigenvalue weighted by Crippen LogP contribution is 2.36. The van der Waals surface area contributed by atoms with Crippen LogP contribution in [0.5, 0.6) is 0 Å². The van der Waals surface area contributed by atoms with Gasteiger partial charge < -0.3 is 11.1 Å². The van der Waals surface area contributed by atoms with Crippen LogP contribution in [-0.2, 0) is 5.54 Å². The lowest BCUT2D eigenvalue weighted by Gasteiger charge is -2.30. The van der Waals surface area contributed by atoms with Crippen molar-refractivity contribution in [2.45, 2.75) is 18.9 Å². The molecule has 1 heterocycles. The molecule has 1 aliphatic rings. The van der Waals surface area contributed by atoms with Gasteiger partial charge in [0.2, 0.25) is 0 Å². The fourth-order valence-electron chi connectivity index (χ4n) is 3.50.